The van der Waals surface area contributed by atoms with Gasteiger partial charge < -0.3 is 49.2 Å². The van der Waals surface area contributed by atoms with Gasteiger partial charge in [-0.2, -0.15) is 0 Å². The summed E-state index contributed by atoms with van der Waals surface area (Å²) in [4.78, 5) is 5.12. The summed E-state index contributed by atoms with van der Waals surface area (Å²) in [5.41, 5.74) is 2.42. The van der Waals surface area contributed by atoms with Crippen LogP contribution in [0.2, 0.25) is 0 Å². The molecule has 0 radical (unpaired) electrons. The molecule has 8 bridgehead atoms. The van der Waals surface area contributed by atoms with E-state index in [0.717, 1.165) is 103 Å². The van der Waals surface area contributed by atoms with Crippen LogP contribution in [-0.2, 0) is 33.1 Å². The maximum atomic E-state index is 11.7. The van der Waals surface area contributed by atoms with Gasteiger partial charge in [0, 0.05) is 70.9 Å². The average Bonchev–Trinajstić information content (AvgIpc) is 3.79. The minimum Gasteiger partial charge on any atom is -0.504 e. The van der Waals surface area contributed by atoms with Gasteiger partial charge in [0.05, 0.1) is 11.2 Å². The Morgan fingerprint density at radius 1 is 0.650 bits per heavy atom. The van der Waals surface area contributed by atoms with Crippen molar-refractivity contribution in [1.82, 2.24) is 9.80 Å². The van der Waals surface area contributed by atoms with E-state index in [1.807, 2.05) is 40.2 Å². The number of fused-ring (bicyclic) bond motifs is 4. The molecule has 8 fully saturated rings. The summed E-state index contributed by atoms with van der Waals surface area (Å²) in [5.74, 6) is 1.95. The van der Waals surface area contributed by atoms with E-state index in [-0.39, 0.29) is 57.2 Å². The Morgan fingerprint density at radius 2 is 1.05 bits per heavy atom. The molecule has 4 N–H and O–H groups in total. The third-order valence-corrected chi connectivity index (χ3v) is 20.3. The predicted octanol–water partition coefficient (Wildman–Crippen LogP) is 6.78. The van der Waals surface area contributed by atoms with Crippen LogP contribution in [-0.4, -0.2) is 118 Å². The lowest BCUT2D eigenvalue weighted by Gasteiger charge is -2.74. The second-order valence-electron chi connectivity index (χ2n) is 22.1. The summed E-state index contributed by atoms with van der Waals surface area (Å²) in [6.45, 7) is 10.4. The molecule has 4 heterocycles. The fraction of sp³-hybridized carbons (Fsp3) is 0.760. The lowest BCUT2D eigenvalue weighted by Crippen LogP contribution is -2.82. The minimum atomic E-state index is -0.798. The number of nitrogens with zero attached hydrogens (tertiary/aromatic N) is 2. The molecule has 0 aromatic heterocycles. The van der Waals surface area contributed by atoms with Gasteiger partial charge in [0.2, 0.25) is 0 Å². The lowest BCUT2D eigenvalue weighted by atomic mass is 9.33. The number of aliphatic hydroxyl groups is 2. The molecule has 2 unspecified atom stereocenters. The van der Waals surface area contributed by atoms with Crippen LogP contribution in [0.3, 0.4) is 0 Å². The van der Waals surface area contributed by atoms with Crippen LogP contribution in [0.25, 0.3) is 0 Å². The van der Waals surface area contributed by atoms with Gasteiger partial charge >= 0.3 is 0 Å². The summed E-state index contributed by atoms with van der Waals surface area (Å²) in [6.07, 6.45) is 13.1. The number of phenols is 2. The van der Waals surface area contributed by atoms with Crippen LogP contribution in [0.1, 0.15) is 127 Å². The third-order valence-electron chi connectivity index (χ3n) is 20.3. The van der Waals surface area contributed by atoms with Crippen LogP contribution >= 0.6 is 0 Å². The quantitative estimate of drug-likeness (QED) is 0.227. The number of likely N-dealkylation sites (tertiary alicyclic amines) is 2. The van der Waals surface area contributed by atoms with Crippen LogP contribution in [0.4, 0.5) is 0 Å². The minimum absolute atomic E-state index is 0.0221. The first-order chi connectivity index (χ1) is 28.5. The van der Waals surface area contributed by atoms with Crippen LogP contribution in [0, 0.1) is 22.7 Å². The zero-order valence-corrected chi connectivity index (χ0v) is 37.4. The highest BCUT2D eigenvalue weighted by molar-refractivity contribution is 5.65. The summed E-state index contributed by atoms with van der Waals surface area (Å²) in [6, 6.07) is 8.73. The number of hydrogen-bond donors (Lipinski definition) is 4. The van der Waals surface area contributed by atoms with E-state index in [4.69, 9.17) is 18.9 Å². The van der Waals surface area contributed by atoms with Crippen molar-refractivity contribution in [2.45, 2.75) is 175 Å². The van der Waals surface area contributed by atoms with Gasteiger partial charge in [-0.25, -0.2) is 0 Å². The molecule has 6 saturated carbocycles. The van der Waals surface area contributed by atoms with E-state index in [1.165, 1.54) is 22.3 Å². The highest BCUT2D eigenvalue weighted by Gasteiger charge is 2.83. The number of rotatable bonds is 8. The molecule has 14 atom stereocenters. The number of methoxy groups -OCH3 is 2. The predicted molar refractivity (Wildman–Crippen MR) is 228 cm³/mol. The Bertz CT molecular complexity index is 1980. The first kappa shape index (κ1) is 40.2. The number of phenolic OH excluding ortho intramolecular Hbond substituents is 2. The Balaban J connectivity index is 0.000000136. The van der Waals surface area contributed by atoms with Crippen molar-refractivity contribution in [2.75, 3.05) is 41.4 Å². The van der Waals surface area contributed by atoms with Crippen molar-refractivity contribution in [3.05, 3.63) is 46.5 Å². The van der Waals surface area contributed by atoms with E-state index in [2.05, 4.69) is 49.9 Å². The van der Waals surface area contributed by atoms with E-state index >= 15 is 0 Å². The summed E-state index contributed by atoms with van der Waals surface area (Å²) in [7, 11) is 8.17. The fourth-order valence-corrected chi connectivity index (χ4v) is 18.2. The maximum Gasteiger partial charge on any atom is 0.165 e. The summed E-state index contributed by atoms with van der Waals surface area (Å²) < 4.78 is 26.4. The Labute approximate surface area is 356 Å². The molecule has 10 heteroatoms. The highest BCUT2D eigenvalue weighted by atomic mass is 16.6. The SMILES string of the molecule is CCC[C@@](C)(O)C1C[C@@]23CC[C@]1(OC)[C@@H]1Oc4c(O)ccc5c4[C@@]12CCN(C)[C@@H]3C5.CCC[C@@](C)(O)C1C[C@@]23CC[C@]1(OC)[C@@H]1Oc4c(O)ccc5c4[C@@]12CCN(C)[C@@H]3C5. The van der Waals surface area contributed by atoms with Gasteiger partial charge in [-0.1, -0.05) is 38.8 Å². The standard InChI is InChI=1S/2C25H35NO4/c2*1-5-8-22(2,28)17-14-23-9-10-25(17,29-4)21-24(23)11-12-26(3)18(23)13-15-6-7-16(27)20(30-21)19(15)24/h2*6-7,17-18,21,27-28H,5,8-14H2,1-4H3/t2*17?,18-,21-,22-,23-,24+,25-/m11/s1. The number of likely N-dealkylation sites (N-methyl/N-ethyl adjacent to an activating group) is 2. The number of aromatic hydroxyl groups is 2. The zero-order valence-electron chi connectivity index (χ0n) is 37.4. The molecule has 328 valence electrons. The zero-order chi connectivity index (χ0) is 42.2. The molecule has 12 aliphatic rings. The highest BCUT2D eigenvalue weighted by Crippen LogP contribution is 2.79. The smallest absolute Gasteiger partial charge is 0.165 e. The monoisotopic (exact) mass is 827 g/mol. The number of benzene rings is 2. The van der Waals surface area contributed by atoms with E-state index in [9.17, 15) is 20.4 Å². The van der Waals surface area contributed by atoms with Crippen molar-refractivity contribution in [3.63, 3.8) is 0 Å². The average molecular weight is 827 g/mol. The Morgan fingerprint density at radius 3 is 1.42 bits per heavy atom. The van der Waals surface area contributed by atoms with E-state index < -0.39 is 22.4 Å². The van der Waals surface area contributed by atoms with Gasteiger partial charge in [0.25, 0.3) is 0 Å². The first-order valence-electron chi connectivity index (χ1n) is 23.5. The molecule has 4 spiro atoms. The molecule has 2 saturated heterocycles. The first-order valence-corrected chi connectivity index (χ1v) is 23.5. The van der Waals surface area contributed by atoms with Crippen molar-refractivity contribution in [2.24, 2.45) is 22.7 Å². The molecule has 0 amide bonds. The Kier molecular flexibility index (Phi) is 8.41. The van der Waals surface area contributed by atoms with Gasteiger partial charge in [-0.15, -0.1) is 0 Å². The molecule has 2 aromatic rings. The van der Waals surface area contributed by atoms with E-state index in [1.54, 1.807) is 0 Å². The fourth-order valence-electron chi connectivity index (χ4n) is 18.2. The van der Waals surface area contributed by atoms with Crippen molar-refractivity contribution >= 4 is 0 Å². The van der Waals surface area contributed by atoms with Crippen molar-refractivity contribution in [3.8, 4) is 23.0 Å². The van der Waals surface area contributed by atoms with Gasteiger partial charge in [-0.3, -0.25) is 0 Å². The molecule has 4 aliphatic heterocycles. The Hall–Kier alpha value is -2.60. The number of piperidine rings is 2. The topological polar surface area (TPSA) is 124 Å². The van der Waals surface area contributed by atoms with Gasteiger partial charge in [-0.05, 0) is 141 Å². The number of ether oxygens (including phenoxy) is 4. The normalized spacial score (nSPS) is 45.0. The second kappa shape index (κ2) is 12.6. The van der Waals surface area contributed by atoms with Crippen molar-refractivity contribution < 1.29 is 39.4 Å². The maximum absolute atomic E-state index is 11.7. The van der Waals surface area contributed by atoms with Gasteiger partial charge in [0.15, 0.2) is 23.0 Å². The van der Waals surface area contributed by atoms with Crippen LogP contribution in [0.15, 0.2) is 24.3 Å². The molecule has 2 aromatic carbocycles. The number of hydrogen-bond acceptors (Lipinski definition) is 10. The van der Waals surface area contributed by atoms with E-state index in [0.29, 0.717) is 23.6 Å². The third kappa shape index (κ3) is 4.29. The summed E-state index contributed by atoms with van der Waals surface area (Å²) in [5, 5.41) is 45.0. The largest absolute Gasteiger partial charge is 0.504 e. The molecule has 8 aliphatic carbocycles. The van der Waals surface area contributed by atoms with Crippen LogP contribution in [0.5, 0.6) is 23.0 Å². The molecule has 10 nitrogen and oxygen atoms in total. The summed E-state index contributed by atoms with van der Waals surface area (Å²) >= 11 is 0. The lowest BCUT2D eigenvalue weighted by molar-refractivity contribution is -0.301. The van der Waals surface area contributed by atoms with Gasteiger partial charge in [0.1, 0.15) is 23.4 Å². The molecule has 60 heavy (non-hydrogen) atoms. The van der Waals surface area contributed by atoms with Crippen LogP contribution < -0.4 is 9.47 Å². The van der Waals surface area contributed by atoms with Crippen molar-refractivity contribution in [1.29, 1.82) is 0 Å². The molecular formula is C50H70N2O8. The second-order valence-corrected chi connectivity index (χ2v) is 22.1. The molecule has 14 rings (SSSR count). The molecular weight excluding hydrogens is 757 g/mol.